The highest BCUT2D eigenvalue weighted by Gasteiger charge is 2.11. The first-order valence-corrected chi connectivity index (χ1v) is 6.55. The number of likely N-dealkylation sites (N-methyl/N-ethyl adjacent to an activating group) is 1. The monoisotopic (exact) mass is 301 g/mol. The summed E-state index contributed by atoms with van der Waals surface area (Å²) in [5, 5.41) is 4.20. The van der Waals surface area contributed by atoms with Crippen molar-refractivity contribution in [2.45, 2.75) is 26.8 Å². The summed E-state index contributed by atoms with van der Waals surface area (Å²) in [7, 11) is 0. The minimum Gasteiger partial charge on any atom is -0.307 e. The number of hydrogen-bond acceptors (Lipinski definition) is 1. The first kappa shape index (κ1) is 13.8. The second-order valence-corrected chi connectivity index (χ2v) is 5.24. The Kier molecular flexibility index (Phi) is 5.53. The normalized spacial score (nSPS) is 12.3. The van der Waals surface area contributed by atoms with Crippen LogP contribution >= 0.6 is 27.5 Å². The van der Waals surface area contributed by atoms with Crippen molar-refractivity contribution in [1.82, 2.24) is 5.32 Å². The average Bonchev–Trinajstić information content (AvgIpc) is 2.20. The molecular weight excluding hydrogens is 286 g/mol. The van der Waals surface area contributed by atoms with Crippen LogP contribution in [0, 0.1) is 0 Å². The molecule has 0 aliphatic carbocycles. The quantitative estimate of drug-likeness (QED) is 0.794. The summed E-state index contributed by atoms with van der Waals surface area (Å²) in [4.78, 5) is 0. The Morgan fingerprint density at radius 2 is 2.19 bits per heavy atom. The van der Waals surface area contributed by atoms with E-state index in [0.29, 0.717) is 0 Å². The zero-order valence-electron chi connectivity index (χ0n) is 9.85. The molecule has 1 unspecified atom stereocenters. The zero-order valence-corrected chi connectivity index (χ0v) is 12.2. The lowest BCUT2D eigenvalue weighted by Crippen LogP contribution is -2.19. The minimum atomic E-state index is 0.211. The Hall–Kier alpha value is -0.310. The van der Waals surface area contributed by atoms with Crippen LogP contribution in [0.3, 0.4) is 0 Å². The Balaban J connectivity index is 3.09. The molecule has 3 heteroatoms. The highest BCUT2D eigenvalue weighted by Crippen LogP contribution is 2.28. The molecule has 0 aliphatic heterocycles. The van der Waals surface area contributed by atoms with E-state index in [0.717, 1.165) is 16.0 Å². The molecule has 1 N–H and O–H groups in total. The average molecular weight is 303 g/mol. The molecule has 0 saturated carbocycles. The molecule has 16 heavy (non-hydrogen) atoms. The summed E-state index contributed by atoms with van der Waals surface area (Å²) in [5.74, 6) is 0. The van der Waals surface area contributed by atoms with E-state index in [9.17, 15) is 0 Å². The molecule has 0 aliphatic rings. The molecule has 0 radical (unpaired) electrons. The van der Waals surface area contributed by atoms with Crippen LogP contribution < -0.4 is 5.32 Å². The summed E-state index contributed by atoms with van der Waals surface area (Å²) >= 11 is 9.59. The van der Waals surface area contributed by atoms with Crippen molar-refractivity contribution in [2.24, 2.45) is 0 Å². The summed E-state index contributed by atoms with van der Waals surface area (Å²) < 4.78 is 1.08. The molecule has 88 valence electrons. The second-order valence-electron chi connectivity index (χ2n) is 3.95. The maximum absolute atomic E-state index is 6.03. The van der Waals surface area contributed by atoms with Crippen LogP contribution in [0.2, 0.25) is 5.02 Å². The number of halogens is 2. The van der Waals surface area contributed by atoms with E-state index in [1.54, 1.807) is 0 Å². The van der Waals surface area contributed by atoms with E-state index in [1.165, 1.54) is 11.1 Å². The molecule has 0 spiro atoms. The smallest absolute Gasteiger partial charge is 0.0520 e. The van der Waals surface area contributed by atoms with Gasteiger partial charge < -0.3 is 5.32 Å². The number of hydrogen-bond donors (Lipinski definition) is 1. The van der Waals surface area contributed by atoms with Crippen molar-refractivity contribution in [1.29, 1.82) is 0 Å². The van der Waals surface area contributed by atoms with Crippen molar-refractivity contribution >= 4 is 27.5 Å². The molecule has 0 amide bonds. The Morgan fingerprint density at radius 3 is 2.75 bits per heavy atom. The van der Waals surface area contributed by atoms with E-state index in [4.69, 9.17) is 11.6 Å². The van der Waals surface area contributed by atoms with E-state index < -0.39 is 0 Å². The van der Waals surface area contributed by atoms with Crippen molar-refractivity contribution < 1.29 is 0 Å². The van der Waals surface area contributed by atoms with E-state index in [1.807, 2.05) is 18.2 Å². The predicted molar refractivity (Wildman–Crippen MR) is 75.0 cm³/mol. The molecule has 1 nitrogen and oxygen atoms in total. The molecule has 0 bridgehead atoms. The summed E-state index contributed by atoms with van der Waals surface area (Å²) in [6.45, 7) is 7.23. The van der Waals surface area contributed by atoms with Crippen LogP contribution in [0.15, 0.2) is 34.3 Å². The third-order valence-corrected chi connectivity index (χ3v) is 3.17. The third-order valence-electron chi connectivity index (χ3n) is 2.22. The Morgan fingerprint density at radius 1 is 1.50 bits per heavy atom. The first-order chi connectivity index (χ1) is 7.54. The fraction of sp³-hybridized carbons (Fsp3) is 0.385. The lowest BCUT2D eigenvalue weighted by Gasteiger charge is -2.17. The van der Waals surface area contributed by atoms with Crippen LogP contribution in [0.25, 0.3) is 0 Å². The maximum atomic E-state index is 6.03. The van der Waals surface area contributed by atoms with Crippen LogP contribution in [-0.2, 0) is 0 Å². The van der Waals surface area contributed by atoms with Crippen molar-refractivity contribution in [2.75, 3.05) is 6.54 Å². The lowest BCUT2D eigenvalue weighted by molar-refractivity contribution is 0.642. The van der Waals surface area contributed by atoms with Crippen molar-refractivity contribution in [3.63, 3.8) is 0 Å². The highest BCUT2D eigenvalue weighted by molar-refractivity contribution is 9.10. The van der Waals surface area contributed by atoms with Gasteiger partial charge in [-0.2, -0.15) is 0 Å². The van der Waals surface area contributed by atoms with Gasteiger partial charge >= 0.3 is 0 Å². The van der Waals surface area contributed by atoms with Gasteiger partial charge in [0.15, 0.2) is 0 Å². The zero-order chi connectivity index (χ0) is 12.1. The molecule has 1 aromatic carbocycles. The van der Waals surface area contributed by atoms with E-state index in [2.05, 4.69) is 48.1 Å². The van der Waals surface area contributed by atoms with Crippen molar-refractivity contribution in [3.05, 3.63) is 44.9 Å². The molecular formula is C13H17BrClN. The molecule has 1 rings (SSSR count). The third kappa shape index (κ3) is 3.93. The SMILES string of the molecule is CCNC(C=C(C)C)c1cc(Cl)ccc1Br. The van der Waals surface area contributed by atoms with Crippen LogP contribution in [-0.4, -0.2) is 6.54 Å². The molecule has 1 atom stereocenters. The lowest BCUT2D eigenvalue weighted by atomic mass is 10.0. The van der Waals surface area contributed by atoms with Gasteiger partial charge in [-0.3, -0.25) is 0 Å². The first-order valence-electron chi connectivity index (χ1n) is 5.38. The summed E-state index contributed by atoms with van der Waals surface area (Å²) in [6, 6.07) is 6.09. The highest BCUT2D eigenvalue weighted by atomic mass is 79.9. The fourth-order valence-electron chi connectivity index (χ4n) is 1.56. The van der Waals surface area contributed by atoms with Crippen LogP contribution in [0.1, 0.15) is 32.4 Å². The molecule has 0 aromatic heterocycles. The van der Waals surface area contributed by atoms with Gasteiger partial charge in [0.05, 0.1) is 6.04 Å². The van der Waals surface area contributed by atoms with Crippen LogP contribution in [0.4, 0.5) is 0 Å². The van der Waals surface area contributed by atoms with Gasteiger partial charge in [-0.05, 0) is 44.2 Å². The largest absolute Gasteiger partial charge is 0.307 e. The second kappa shape index (κ2) is 6.43. The number of nitrogens with one attached hydrogen (secondary N) is 1. The van der Waals surface area contributed by atoms with E-state index >= 15 is 0 Å². The predicted octanol–water partition coefficient (Wildman–Crippen LogP) is 4.72. The van der Waals surface area contributed by atoms with Gasteiger partial charge in [0, 0.05) is 9.50 Å². The van der Waals surface area contributed by atoms with Crippen molar-refractivity contribution in [3.8, 4) is 0 Å². The van der Waals surface area contributed by atoms with Gasteiger partial charge in [0.1, 0.15) is 0 Å². The number of allylic oxidation sites excluding steroid dienone is 1. The Bertz CT molecular complexity index is 384. The van der Waals surface area contributed by atoms with Gasteiger partial charge in [0.25, 0.3) is 0 Å². The van der Waals surface area contributed by atoms with Gasteiger partial charge in [-0.25, -0.2) is 0 Å². The number of benzene rings is 1. The maximum Gasteiger partial charge on any atom is 0.0520 e. The van der Waals surface area contributed by atoms with Gasteiger partial charge in [-0.1, -0.05) is 46.1 Å². The molecule has 0 heterocycles. The van der Waals surface area contributed by atoms with Gasteiger partial charge in [0.2, 0.25) is 0 Å². The Labute approximate surface area is 111 Å². The topological polar surface area (TPSA) is 12.0 Å². The van der Waals surface area contributed by atoms with E-state index in [-0.39, 0.29) is 6.04 Å². The van der Waals surface area contributed by atoms with Gasteiger partial charge in [-0.15, -0.1) is 0 Å². The summed E-state index contributed by atoms with van der Waals surface area (Å²) in [5.41, 5.74) is 2.47. The fourth-order valence-corrected chi connectivity index (χ4v) is 2.24. The number of rotatable bonds is 4. The molecule has 0 saturated heterocycles. The standard InChI is InChI=1S/C13H17BrClN/c1-4-16-13(7-9(2)3)11-8-10(15)5-6-12(11)14/h5-8,13,16H,4H2,1-3H3. The van der Waals surface area contributed by atoms with Crippen LogP contribution in [0.5, 0.6) is 0 Å². The molecule has 0 fully saturated rings. The molecule has 1 aromatic rings. The minimum absolute atomic E-state index is 0.211. The summed E-state index contributed by atoms with van der Waals surface area (Å²) in [6.07, 6.45) is 2.21.